The molecule has 2 unspecified atom stereocenters. The summed E-state index contributed by atoms with van der Waals surface area (Å²) in [5.41, 5.74) is 20.8. The number of benzene rings is 6. The van der Waals surface area contributed by atoms with Gasteiger partial charge >= 0.3 is 0 Å². The summed E-state index contributed by atoms with van der Waals surface area (Å²) in [7, 11) is 0. The Morgan fingerprint density at radius 2 is 1.46 bits per heavy atom. The second-order valence-corrected chi connectivity index (χ2v) is 19.8. The van der Waals surface area contributed by atoms with E-state index in [9.17, 15) is 0 Å². The van der Waals surface area contributed by atoms with Crippen molar-refractivity contribution in [2.75, 3.05) is 4.90 Å². The Morgan fingerprint density at radius 1 is 0.729 bits per heavy atom. The number of nitrogens with zero attached hydrogens (tertiary/aromatic N) is 2. The van der Waals surface area contributed by atoms with Gasteiger partial charge in [-0.05, 0) is 181 Å². The van der Waals surface area contributed by atoms with Crippen molar-refractivity contribution < 1.29 is 0 Å². The quantitative estimate of drug-likeness (QED) is 0.121. The first-order chi connectivity index (χ1) is 34.4. The molecule has 2 aliphatic heterocycles. The lowest BCUT2D eigenvalue weighted by Crippen LogP contribution is -2.31. The third-order valence-corrected chi connectivity index (χ3v) is 15.3. The molecule has 0 spiro atoms. The van der Waals surface area contributed by atoms with Gasteiger partial charge in [-0.25, -0.2) is 0 Å². The number of hydrogen-bond acceptors (Lipinski definition) is 3. The van der Waals surface area contributed by atoms with E-state index < -0.39 is 0 Å². The van der Waals surface area contributed by atoms with Crippen molar-refractivity contribution in [1.82, 2.24) is 4.90 Å². The average Bonchev–Trinajstić information content (AvgIpc) is 3.58. The molecular weight excluding hydrogens is 865 g/mol. The van der Waals surface area contributed by atoms with Crippen LogP contribution in [0.4, 0.5) is 17.1 Å². The molecule has 4 aliphatic rings. The van der Waals surface area contributed by atoms with Gasteiger partial charge in [-0.15, -0.1) is 11.8 Å². The van der Waals surface area contributed by atoms with E-state index in [1.54, 1.807) is 0 Å². The van der Waals surface area contributed by atoms with E-state index in [0.29, 0.717) is 5.25 Å². The molecule has 10 rings (SSSR count). The fourth-order valence-corrected chi connectivity index (χ4v) is 11.7. The van der Waals surface area contributed by atoms with Crippen LogP contribution >= 0.6 is 11.8 Å². The summed E-state index contributed by atoms with van der Waals surface area (Å²) in [5.74, 6) is 0. The fourth-order valence-electron chi connectivity index (χ4n) is 10.4. The summed E-state index contributed by atoms with van der Waals surface area (Å²) < 4.78 is 0. The van der Waals surface area contributed by atoms with Crippen LogP contribution in [0.2, 0.25) is 0 Å². The third-order valence-electron chi connectivity index (χ3n) is 14.0. The Morgan fingerprint density at radius 3 is 2.24 bits per heavy atom. The van der Waals surface area contributed by atoms with Gasteiger partial charge < -0.3 is 9.80 Å². The number of allylic oxidation sites excluding steroid dienone is 14. The van der Waals surface area contributed by atoms with E-state index in [0.717, 1.165) is 60.3 Å². The van der Waals surface area contributed by atoms with Gasteiger partial charge in [0, 0.05) is 44.6 Å². The Kier molecular flexibility index (Phi) is 14.3. The van der Waals surface area contributed by atoms with Crippen LogP contribution in [0.25, 0.3) is 33.9 Å². The van der Waals surface area contributed by atoms with Crippen LogP contribution in [0.5, 0.6) is 0 Å². The van der Waals surface area contributed by atoms with E-state index in [1.165, 1.54) is 78.4 Å². The normalized spacial score (nSPS) is 19.8. The zero-order valence-corrected chi connectivity index (χ0v) is 41.6. The van der Waals surface area contributed by atoms with Crippen molar-refractivity contribution in [3.05, 3.63) is 275 Å². The first-order valence-corrected chi connectivity index (χ1v) is 26.0. The lowest BCUT2D eigenvalue weighted by molar-refractivity contribution is 0.399. The van der Waals surface area contributed by atoms with Gasteiger partial charge in [0.25, 0.3) is 0 Å². The Labute approximate surface area is 421 Å². The zero-order valence-electron chi connectivity index (χ0n) is 40.8. The molecule has 0 N–H and O–H groups in total. The molecule has 6 aromatic rings. The molecule has 2 heterocycles. The summed E-state index contributed by atoms with van der Waals surface area (Å²) in [4.78, 5) is 6.31. The molecule has 2 atom stereocenters. The minimum atomic E-state index is 0.113. The van der Waals surface area contributed by atoms with Crippen molar-refractivity contribution in [3.63, 3.8) is 0 Å². The van der Waals surface area contributed by atoms with Crippen molar-refractivity contribution in [2.24, 2.45) is 0 Å². The smallest absolute Gasteiger partial charge is 0.0497 e. The minimum absolute atomic E-state index is 0.113. The van der Waals surface area contributed by atoms with Gasteiger partial charge in [0.2, 0.25) is 0 Å². The van der Waals surface area contributed by atoms with Crippen LogP contribution in [-0.2, 0) is 6.42 Å². The van der Waals surface area contributed by atoms with Crippen LogP contribution in [0.3, 0.4) is 0 Å². The molecule has 0 bridgehead atoms. The number of anilines is 3. The van der Waals surface area contributed by atoms with E-state index >= 15 is 0 Å². The minimum Gasteiger partial charge on any atom is -0.335 e. The highest BCUT2D eigenvalue weighted by atomic mass is 32.2. The lowest BCUT2D eigenvalue weighted by atomic mass is 9.91. The Hall–Kier alpha value is -7.33. The van der Waals surface area contributed by atoms with Crippen LogP contribution in [0.1, 0.15) is 86.3 Å². The molecule has 0 amide bonds. The molecule has 0 fully saturated rings. The second kappa shape index (κ2) is 21.5. The molecule has 2 nitrogen and oxygen atoms in total. The van der Waals surface area contributed by atoms with Gasteiger partial charge in [0.05, 0.1) is 0 Å². The van der Waals surface area contributed by atoms with Gasteiger partial charge in [0.15, 0.2) is 0 Å². The SMILES string of the molecule is C=C(/C1=C(\C=C/C)N(C2=CCC3Sc4ccccc4C3=C2)C(C)/C=C\C=C/C1)c1cccc(N(c2ccc(C3=CC=CCCC3)cc2)c2ccc(-c3ccc(Cc4ccccc4/C=C\C)cc3)cc2)c1. The first-order valence-electron chi connectivity index (χ1n) is 25.1. The molecule has 0 saturated carbocycles. The van der Waals surface area contributed by atoms with E-state index in [4.69, 9.17) is 6.58 Å². The van der Waals surface area contributed by atoms with E-state index in [1.807, 2.05) is 11.8 Å². The maximum Gasteiger partial charge on any atom is 0.0497 e. The molecule has 70 heavy (non-hydrogen) atoms. The van der Waals surface area contributed by atoms with Crippen LogP contribution < -0.4 is 4.90 Å². The number of thioether (sulfide) groups is 1. The van der Waals surface area contributed by atoms with Gasteiger partial charge in [-0.3, -0.25) is 0 Å². The highest BCUT2D eigenvalue weighted by Crippen LogP contribution is 2.49. The second-order valence-electron chi connectivity index (χ2n) is 18.6. The first kappa shape index (κ1) is 46.4. The van der Waals surface area contributed by atoms with Gasteiger partial charge in [-0.2, -0.15) is 0 Å². The molecule has 0 aromatic heterocycles. The summed E-state index contributed by atoms with van der Waals surface area (Å²) in [6.07, 6.45) is 35.5. The van der Waals surface area contributed by atoms with Gasteiger partial charge in [0.1, 0.15) is 0 Å². The molecular formula is C67H62N2S. The summed E-state index contributed by atoms with van der Waals surface area (Å²) >= 11 is 2.00. The maximum absolute atomic E-state index is 4.93. The number of fused-ring (bicyclic) bond motifs is 3. The molecule has 2 aliphatic carbocycles. The number of hydrogen-bond donors (Lipinski definition) is 0. The maximum atomic E-state index is 4.93. The molecule has 0 radical (unpaired) electrons. The predicted octanol–water partition coefficient (Wildman–Crippen LogP) is 18.5. The van der Waals surface area contributed by atoms with Crippen molar-refractivity contribution in [2.45, 2.75) is 75.5 Å². The van der Waals surface area contributed by atoms with Crippen molar-refractivity contribution in [3.8, 4) is 11.1 Å². The summed E-state index contributed by atoms with van der Waals surface area (Å²) in [6.45, 7) is 11.4. The molecule has 3 heteroatoms. The van der Waals surface area contributed by atoms with E-state index in [-0.39, 0.29) is 6.04 Å². The molecule has 0 saturated heterocycles. The Balaban J connectivity index is 1.00. The van der Waals surface area contributed by atoms with Crippen LogP contribution in [0.15, 0.2) is 247 Å². The van der Waals surface area contributed by atoms with Crippen molar-refractivity contribution >= 4 is 51.6 Å². The highest BCUT2D eigenvalue weighted by molar-refractivity contribution is 8.00. The topological polar surface area (TPSA) is 6.48 Å². The number of rotatable bonds is 12. The van der Waals surface area contributed by atoms with E-state index in [2.05, 4.69) is 255 Å². The average molecular weight is 927 g/mol. The lowest BCUT2D eigenvalue weighted by Gasteiger charge is -2.36. The molecule has 346 valence electrons. The molecule has 6 aromatic carbocycles. The monoisotopic (exact) mass is 926 g/mol. The summed E-state index contributed by atoms with van der Waals surface area (Å²) in [5, 5.41) is 0.452. The fraction of sp³-hybridized carbons (Fsp3) is 0.164. The van der Waals surface area contributed by atoms with Crippen molar-refractivity contribution in [1.29, 1.82) is 0 Å². The van der Waals surface area contributed by atoms with Gasteiger partial charge in [-0.1, -0.05) is 177 Å². The zero-order chi connectivity index (χ0) is 47.8. The van der Waals surface area contributed by atoms with Crippen LogP contribution in [-0.4, -0.2) is 16.2 Å². The Bertz CT molecular complexity index is 3160. The highest BCUT2D eigenvalue weighted by Gasteiger charge is 2.32. The third kappa shape index (κ3) is 10.0. The summed E-state index contributed by atoms with van der Waals surface area (Å²) in [6, 6.07) is 54.0. The largest absolute Gasteiger partial charge is 0.335 e. The standard InChI is InChI=1S/C67H62N2S/c1-5-19-51-24-14-15-25-57(51)45-50-31-33-53(34-32-50)55-37-41-59(42-38-55)69(58-39-35-54(36-40-58)52-22-11-7-8-12-23-52)60-27-18-26-56(46-60)49(4)62-28-13-9-10-21-48(3)68(65(62)20-6-2)61-43-44-67-64(47-61)63-29-16-17-30-66(63)70-67/h5-7,9-11,13-22,24-27,29-43,46-48,67H,4,8,12,23,28,44-45H2,1-3H3/b13-9-,19-5-,20-6-,21-10-,65-62+. The predicted molar refractivity (Wildman–Crippen MR) is 303 cm³/mol. The van der Waals surface area contributed by atoms with Crippen LogP contribution in [0, 0.1) is 0 Å².